The molecule has 0 spiro atoms. The number of thiophene rings is 1. The molecular formula is C12H17BrClNS. The topological polar surface area (TPSA) is 3.24 Å². The van der Waals surface area contributed by atoms with Crippen molar-refractivity contribution in [2.75, 3.05) is 12.4 Å². The number of halogens is 2. The summed E-state index contributed by atoms with van der Waals surface area (Å²) in [5.41, 5.74) is 0. The average molecular weight is 323 g/mol. The molecule has 0 aromatic carbocycles. The Morgan fingerprint density at radius 2 is 2.19 bits per heavy atom. The third-order valence-electron chi connectivity index (χ3n) is 3.25. The standard InChI is InChI=1S/C12H17BrClNS/c13-11-5-8-16-12(11)9-15(7-6-14)10-3-1-2-4-10/h5,8,10H,1-4,6-7,9H2. The normalized spacial score (nSPS) is 17.4. The van der Waals surface area contributed by atoms with E-state index in [2.05, 4.69) is 32.3 Å². The van der Waals surface area contributed by atoms with Crippen molar-refractivity contribution in [3.8, 4) is 0 Å². The molecule has 1 heterocycles. The zero-order valence-corrected chi connectivity index (χ0v) is 12.5. The molecule has 90 valence electrons. The van der Waals surface area contributed by atoms with Gasteiger partial charge in [0.25, 0.3) is 0 Å². The van der Waals surface area contributed by atoms with Gasteiger partial charge in [-0.15, -0.1) is 22.9 Å². The molecule has 0 bridgehead atoms. The van der Waals surface area contributed by atoms with Gasteiger partial charge >= 0.3 is 0 Å². The molecule has 2 rings (SSSR count). The summed E-state index contributed by atoms with van der Waals surface area (Å²) in [5.74, 6) is 0.736. The van der Waals surface area contributed by atoms with Crippen molar-refractivity contribution >= 4 is 38.9 Å². The van der Waals surface area contributed by atoms with E-state index in [9.17, 15) is 0 Å². The van der Waals surface area contributed by atoms with Gasteiger partial charge < -0.3 is 0 Å². The summed E-state index contributed by atoms with van der Waals surface area (Å²) >= 11 is 11.3. The van der Waals surface area contributed by atoms with E-state index in [1.165, 1.54) is 35.0 Å². The van der Waals surface area contributed by atoms with Crippen molar-refractivity contribution in [2.24, 2.45) is 0 Å². The lowest BCUT2D eigenvalue weighted by molar-refractivity contribution is 0.203. The van der Waals surface area contributed by atoms with E-state index in [0.717, 1.165) is 25.0 Å². The van der Waals surface area contributed by atoms with Gasteiger partial charge in [0.05, 0.1) is 0 Å². The van der Waals surface area contributed by atoms with Gasteiger partial charge in [0.2, 0.25) is 0 Å². The highest BCUT2D eigenvalue weighted by Crippen LogP contribution is 2.29. The number of hydrogen-bond acceptors (Lipinski definition) is 2. The second kappa shape index (κ2) is 6.39. The maximum absolute atomic E-state index is 5.90. The van der Waals surface area contributed by atoms with Gasteiger partial charge in [0.15, 0.2) is 0 Å². The van der Waals surface area contributed by atoms with Gasteiger partial charge in [-0.05, 0) is 40.2 Å². The lowest BCUT2D eigenvalue weighted by Gasteiger charge is -2.27. The van der Waals surface area contributed by atoms with Gasteiger partial charge in [-0.3, -0.25) is 4.90 Å². The van der Waals surface area contributed by atoms with Crippen molar-refractivity contribution in [1.82, 2.24) is 4.90 Å². The first-order valence-electron chi connectivity index (χ1n) is 5.83. The minimum Gasteiger partial charge on any atom is -0.294 e. The molecule has 1 saturated carbocycles. The zero-order valence-electron chi connectivity index (χ0n) is 9.29. The fraction of sp³-hybridized carbons (Fsp3) is 0.667. The molecule has 0 aliphatic heterocycles. The Bertz CT molecular complexity index is 323. The molecule has 1 fully saturated rings. The molecule has 1 aliphatic rings. The number of alkyl halides is 1. The van der Waals surface area contributed by atoms with Crippen LogP contribution in [0.2, 0.25) is 0 Å². The van der Waals surface area contributed by atoms with E-state index >= 15 is 0 Å². The Kier molecular flexibility index (Phi) is 5.14. The summed E-state index contributed by atoms with van der Waals surface area (Å²) in [6.45, 7) is 2.06. The third-order valence-corrected chi connectivity index (χ3v) is 5.33. The molecule has 0 atom stereocenters. The van der Waals surface area contributed by atoms with Crippen LogP contribution in [-0.2, 0) is 6.54 Å². The van der Waals surface area contributed by atoms with Crippen LogP contribution in [0.4, 0.5) is 0 Å². The predicted molar refractivity (Wildman–Crippen MR) is 75.4 cm³/mol. The first-order valence-corrected chi connectivity index (χ1v) is 8.04. The van der Waals surface area contributed by atoms with E-state index in [1.807, 2.05) is 11.3 Å². The van der Waals surface area contributed by atoms with Crippen molar-refractivity contribution in [3.63, 3.8) is 0 Å². The monoisotopic (exact) mass is 321 g/mol. The molecule has 16 heavy (non-hydrogen) atoms. The molecule has 4 heteroatoms. The van der Waals surface area contributed by atoms with Crippen molar-refractivity contribution in [1.29, 1.82) is 0 Å². The summed E-state index contributed by atoms with van der Waals surface area (Å²) in [5, 5.41) is 2.15. The van der Waals surface area contributed by atoms with Gasteiger partial charge in [-0.1, -0.05) is 12.8 Å². The minimum absolute atomic E-state index is 0.736. The van der Waals surface area contributed by atoms with E-state index in [1.54, 1.807) is 0 Å². The van der Waals surface area contributed by atoms with Crippen LogP contribution in [0.5, 0.6) is 0 Å². The highest BCUT2D eigenvalue weighted by Gasteiger charge is 2.22. The molecule has 0 radical (unpaired) electrons. The first-order chi connectivity index (χ1) is 7.81. The summed E-state index contributed by atoms with van der Waals surface area (Å²) in [6.07, 6.45) is 5.46. The van der Waals surface area contributed by atoms with Crippen LogP contribution in [0, 0.1) is 0 Å². The molecule has 1 aliphatic carbocycles. The molecule has 1 nitrogen and oxygen atoms in total. The van der Waals surface area contributed by atoms with Crippen molar-refractivity contribution in [2.45, 2.75) is 38.3 Å². The fourth-order valence-electron chi connectivity index (χ4n) is 2.39. The summed E-state index contributed by atoms with van der Waals surface area (Å²) < 4.78 is 1.25. The Morgan fingerprint density at radius 3 is 2.75 bits per heavy atom. The summed E-state index contributed by atoms with van der Waals surface area (Å²) in [7, 11) is 0. The molecule has 1 aromatic heterocycles. The maximum Gasteiger partial charge on any atom is 0.0351 e. The Labute approximate surface area is 115 Å². The SMILES string of the molecule is ClCCN(Cc1sccc1Br)C1CCCC1. The van der Waals surface area contributed by atoms with Crippen LogP contribution in [0.15, 0.2) is 15.9 Å². The summed E-state index contributed by atoms with van der Waals surface area (Å²) in [6, 6.07) is 2.89. The van der Waals surface area contributed by atoms with Crippen molar-refractivity contribution < 1.29 is 0 Å². The van der Waals surface area contributed by atoms with E-state index in [-0.39, 0.29) is 0 Å². The summed E-state index contributed by atoms with van der Waals surface area (Å²) in [4.78, 5) is 3.98. The lowest BCUT2D eigenvalue weighted by Crippen LogP contribution is -2.34. The van der Waals surface area contributed by atoms with E-state index in [0.29, 0.717) is 0 Å². The maximum atomic E-state index is 5.90. The second-order valence-corrected chi connectivity index (χ2v) is 6.52. The lowest BCUT2D eigenvalue weighted by atomic mass is 10.2. The van der Waals surface area contributed by atoms with Crippen LogP contribution >= 0.6 is 38.9 Å². The second-order valence-electron chi connectivity index (χ2n) is 4.29. The third kappa shape index (κ3) is 3.22. The van der Waals surface area contributed by atoms with Crippen LogP contribution < -0.4 is 0 Å². The fourth-order valence-corrected chi connectivity index (χ4v) is 4.11. The largest absolute Gasteiger partial charge is 0.294 e. The van der Waals surface area contributed by atoms with Gasteiger partial charge in [-0.2, -0.15) is 0 Å². The van der Waals surface area contributed by atoms with Crippen LogP contribution in [0.25, 0.3) is 0 Å². The molecular weight excluding hydrogens is 306 g/mol. The molecule has 0 N–H and O–H groups in total. The van der Waals surface area contributed by atoms with E-state index in [4.69, 9.17) is 11.6 Å². The molecule has 1 aromatic rings. The number of rotatable bonds is 5. The van der Waals surface area contributed by atoms with Crippen LogP contribution in [0.1, 0.15) is 30.6 Å². The Hall–Kier alpha value is 0.430. The highest BCUT2D eigenvalue weighted by atomic mass is 79.9. The molecule has 0 unspecified atom stereocenters. The van der Waals surface area contributed by atoms with Gasteiger partial charge in [-0.25, -0.2) is 0 Å². The number of hydrogen-bond donors (Lipinski definition) is 0. The Morgan fingerprint density at radius 1 is 1.44 bits per heavy atom. The van der Waals surface area contributed by atoms with Crippen LogP contribution in [-0.4, -0.2) is 23.4 Å². The average Bonchev–Trinajstić information content (AvgIpc) is 2.90. The van der Waals surface area contributed by atoms with E-state index < -0.39 is 0 Å². The van der Waals surface area contributed by atoms with Crippen LogP contribution in [0.3, 0.4) is 0 Å². The van der Waals surface area contributed by atoms with Gasteiger partial charge in [0, 0.05) is 34.4 Å². The number of nitrogens with zero attached hydrogens (tertiary/aromatic N) is 1. The molecule has 0 amide bonds. The quantitative estimate of drug-likeness (QED) is 0.722. The Balaban J connectivity index is 1.99. The first kappa shape index (κ1) is 12.9. The highest BCUT2D eigenvalue weighted by molar-refractivity contribution is 9.10. The predicted octanol–water partition coefficient (Wildman–Crippen LogP) is 4.49. The molecule has 0 saturated heterocycles. The smallest absolute Gasteiger partial charge is 0.0351 e. The zero-order chi connectivity index (χ0) is 11.4. The van der Waals surface area contributed by atoms with Gasteiger partial charge in [0.1, 0.15) is 0 Å². The van der Waals surface area contributed by atoms with Crippen molar-refractivity contribution in [3.05, 3.63) is 20.8 Å². The minimum atomic E-state index is 0.736.